The number of aromatic amines is 1. The molecule has 1 aromatic heterocycles. The fourth-order valence-corrected chi connectivity index (χ4v) is 5.57. The van der Waals surface area contributed by atoms with Gasteiger partial charge in [0.05, 0.1) is 9.79 Å². The zero-order chi connectivity index (χ0) is 26.0. The van der Waals surface area contributed by atoms with E-state index < -0.39 is 27.7 Å². The highest BCUT2D eigenvalue weighted by molar-refractivity contribution is 9.06. The summed E-state index contributed by atoms with van der Waals surface area (Å²) in [4.78, 5) is 14.8. The summed E-state index contributed by atoms with van der Waals surface area (Å²) in [5.74, 6) is -1.97. The number of hydrogen-bond donors (Lipinski definition) is 4. The molecule has 1 heterocycles. The van der Waals surface area contributed by atoms with Crippen LogP contribution in [0.3, 0.4) is 0 Å². The van der Waals surface area contributed by atoms with Gasteiger partial charge in [0.25, 0.3) is 0 Å². The molecule has 3 aromatic carbocycles. The zero-order valence-electron chi connectivity index (χ0n) is 18.0. The second kappa shape index (κ2) is 10.4. The normalized spacial score (nSPS) is 12.3. The first-order valence-corrected chi connectivity index (χ1v) is 13.0. The third-order valence-corrected chi connectivity index (χ3v) is 7.91. The van der Waals surface area contributed by atoms with Gasteiger partial charge >= 0.3 is 5.97 Å². The van der Waals surface area contributed by atoms with Crippen molar-refractivity contribution in [1.29, 1.82) is 0 Å². The molecule has 0 aliphatic rings. The number of aromatic hydroxyl groups is 1. The van der Waals surface area contributed by atoms with E-state index in [0.29, 0.717) is 22.2 Å². The van der Waals surface area contributed by atoms with Gasteiger partial charge in [0.1, 0.15) is 11.9 Å². The van der Waals surface area contributed by atoms with Gasteiger partial charge in [-0.3, -0.25) is 0 Å². The third kappa shape index (κ3) is 5.13. The van der Waals surface area contributed by atoms with E-state index in [9.17, 15) is 27.8 Å². The molecule has 36 heavy (non-hydrogen) atoms. The Hall–Kier alpha value is -3.29. The molecule has 0 amide bonds. The predicted octanol–water partition coefficient (Wildman–Crippen LogP) is 5.33. The van der Waals surface area contributed by atoms with Crippen LogP contribution in [0.4, 0.5) is 10.1 Å². The number of aromatic nitrogens is 1. The summed E-state index contributed by atoms with van der Waals surface area (Å²) < 4.78 is 49.4. The van der Waals surface area contributed by atoms with Crippen molar-refractivity contribution in [2.75, 3.05) is 5.32 Å². The summed E-state index contributed by atoms with van der Waals surface area (Å²) in [6, 6.07) is 11.0. The van der Waals surface area contributed by atoms with Crippen molar-refractivity contribution in [1.82, 2.24) is 4.98 Å². The van der Waals surface area contributed by atoms with E-state index in [-0.39, 0.29) is 33.5 Å². The van der Waals surface area contributed by atoms with E-state index in [4.69, 9.17) is 7.66 Å². The Balaban J connectivity index is 1.66. The van der Waals surface area contributed by atoms with Gasteiger partial charge in [0.2, 0.25) is 15.6 Å². The van der Waals surface area contributed by atoms with Gasteiger partial charge in [-0.05, 0) is 60.2 Å². The summed E-state index contributed by atoms with van der Waals surface area (Å²) in [6.45, 7) is 0. The fraction of sp³-hybridized carbons (Fsp3) is 0.0870. The smallest absolute Gasteiger partial charge is 0.326 e. The highest BCUT2D eigenvalue weighted by Gasteiger charge is 2.24. The summed E-state index contributed by atoms with van der Waals surface area (Å²) in [5, 5.41) is 23.1. The van der Waals surface area contributed by atoms with Gasteiger partial charge in [-0.1, -0.05) is 0 Å². The second-order valence-corrected chi connectivity index (χ2v) is 10.3. The third-order valence-electron chi connectivity index (χ3n) is 5.40. The standard InChI is InChI=1S/C23H17Br2FN2O7S/c24-34-19-8-12(9-20(35-25)22(19)29)7-18(23(30)31)28-14-3-6-17-16(10-14)21(11-27-17)36(32,33)15-4-1-13(26)2-5-15/h1-6,8-11,18,27-29H,7H2,(H,30,31)/t18-/m1/s1. The van der Waals surface area contributed by atoms with Crippen molar-refractivity contribution in [3.8, 4) is 17.2 Å². The summed E-state index contributed by atoms with van der Waals surface area (Å²) in [6.07, 6.45) is 1.30. The number of rotatable bonds is 9. The lowest BCUT2D eigenvalue weighted by molar-refractivity contribution is -0.137. The van der Waals surface area contributed by atoms with Crippen LogP contribution in [0, 0.1) is 5.82 Å². The van der Waals surface area contributed by atoms with Crippen LogP contribution in [0.25, 0.3) is 10.9 Å². The summed E-state index contributed by atoms with van der Waals surface area (Å²) in [7, 11) is -3.97. The molecule has 0 aliphatic carbocycles. The molecule has 0 fully saturated rings. The van der Waals surface area contributed by atoms with Crippen molar-refractivity contribution in [3.05, 3.63) is 72.2 Å². The zero-order valence-corrected chi connectivity index (χ0v) is 22.0. The largest absolute Gasteiger partial charge is 0.502 e. The van der Waals surface area contributed by atoms with Crippen molar-refractivity contribution in [3.63, 3.8) is 0 Å². The van der Waals surface area contributed by atoms with E-state index in [1.165, 1.54) is 36.5 Å². The summed E-state index contributed by atoms with van der Waals surface area (Å²) in [5.41, 5.74) is 1.35. The number of carbonyl (C=O) groups is 1. The average molecular weight is 644 g/mol. The minimum atomic E-state index is -3.97. The topological polar surface area (TPSA) is 138 Å². The van der Waals surface area contributed by atoms with Crippen molar-refractivity contribution >= 4 is 64.9 Å². The van der Waals surface area contributed by atoms with Gasteiger partial charge in [-0.25, -0.2) is 17.6 Å². The molecule has 13 heteroatoms. The Morgan fingerprint density at radius 3 is 2.28 bits per heavy atom. The number of nitrogens with one attached hydrogen (secondary N) is 2. The Bertz CT molecular complexity index is 1520. The molecular formula is C23H17Br2FN2O7S. The van der Waals surface area contributed by atoms with E-state index in [2.05, 4.69) is 42.8 Å². The molecule has 188 valence electrons. The number of benzene rings is 3. The first-order chi connectivity index (χ1) is 17.1. The number of anilines is 1. The van der Waals surface area contributed by atoms with Gasteiger partial charge in [-0.2, -0.15) is 0 Å². The molecule has 4 N–H and O–H groups in total. The SMILES string of the molecule is O=C(O)[C@@H](Cc1cc(OBr)c(O)c(OBr)c1)Nc1ccc2[nH]cc(S(=O)(=O)c3ccc(F)cc3)c2c1. The maximum atomic E-state index is 13.3. The number of sulfone groups is 1. The van der Waals surface area contributed by atoms with Gasteiger partial charge < -0.3 is 28.2 Å². The van der Waals surface area contributed by atoms with Crippen LogP contribution in [0.15, 0.2) is 70.6 Å². The maximum Gasteiger partial charge on any atom is 0.326 e. The van der Waals surface area contributed by atoms with E-state index in [1.807, 2.05) is 0 Å². The molecule has 0 spiro atoms. The van der Waals surface area contributed by atoms with E-state index >= 15 is 0 Å². The Morgan fingerprint density at radius 1 is 1.06 bits per heavy atom. The second-order valence-electron chi connectivity index (χ2n) is 7.70. The van der Waals surface area contributed by atoms with Crippen LogP contribution in [-0.4, -0.2) is 35.6 Å². The molecular weight excluding hydrogens is 627 g/mol. The van der Waals surface area contributed by atoms with Crippen LogP contribution in [0.2, 0.25) is 0 Å². The van der Waals surface area contributed by atoms with Crippen LogP contribution >= 0.6 is 32.5 Å². The number of H-pyrrole nitrogens is 1. The van der Waals surface area contributed by atoms with Gasteiger partial charge in [-0.15, -0.1) is 0 Å². The van der Waals surface area contributed by atoms with Crippen molar-refractivity contribution in [2.24, 2.45) is 0 Å². The minimum absolute atomic E-state index is 0.0236. The lowest BCUT2D eigenvalue weighted by atomic mass is 10.0. The average Bonchev–Trinajstić information content (AvgIpc) is 3.29. The molecule has 0 aliphatic heterocycles. The fourth-order valence-electron chi connectivity index (χ4n) is 3.66. The molecule has 0 saturated carbocycles. The molecule has 9 nitrogen and oxygen atoms in total. The first kappa shape index (κ1) is 25.8. The lowest BCUT2D eigenvalue weighted by Crippen LogP contribution is -2.31. The molecule has 4 rings (SSSR count). The van der Waals surface area contributed by atoms with Crippen LogP contribution in [-0.2, 0) is 21.1 Å². The van der Waals surface area contributed by atoms with Crippen LogP contribution in [0.1, 0.15) is 5.56 Å². The Kier molecular flexibility index (Phi) is 7.43. The predicted molar refractivity (Wildman–Crippen MR) is 136 cm³/mol. The number of carboxylic acids is 1. The number of aliphatic carboxylic acids is 1. The number of halogens is 3. The van der Waals surface area contributed by atoms with Crippen molar-refractivity contribution < 1.29 is 35.5 Å². The highest BCUT2D eigenvalue weighted by atomic mass is 79.9. The minimum Gasteiger partial charge on any atom is -0.502 e. The van der Waals surface area contributed by atoms with E-state index in [0.717, 1.165) is 12.1 Å². The Labute approximate surface area is 221 Å². The first-order valence-electron chi connectivity index (χ1n) is 10.2. The lowest BCUT2D eigenvalue weighted by Gasteiger charge is -2.17. The van der Waals surface area contributed by atoms with Crippen LogP contribution in [0.5, 0.6) is 17.2 Å². The number of hydrogen-bond acceptors (Lipinski definition) is 7. The van der Waals surface area contributed by atoms with Crippen LogP contribution < -0.4 is 13.0 Å². The van der Waals surface area contributed by atoms with Crippen molar-refractivity contribution in [2.45, 2.75) is 22.3 Å². The molecule has 0 bridgehead atoms. The molecule has 0 radical (unpaired) electrons. The van der Waals surface area contributed by atoms with Gasteiger partial charge in [0, 0.05) is 29.2 Å². The quantitative estimate of drug-likeness (QED) is 0.180. The molecule has 4 aromatic rings. The monoisotopic (exact) mass is 642 g/mol. The van der Waals surface area contributed by atoms with E-state index in [1.54, 1.807) is 12.1 Å². The Morgan fingerprint density at radius 2 is 1.69 bits per heavy atom. The number of carboxylic acid groups (broad SMARTS) is 1. The van der Waals surface area contributed by atoms with Gasteiger partial charge in [0.15, 0.2) is 44.0 Å². The maximum absolute atomic E-state index is 13.3. The number of fused-ring (bicyclic) bond motifs is 1. The number of phenolic OH excluding ortho intramolecular Hbond substituents is 1. The number of phenols is 1. The molecule has 1 atom stereocenters. The summed E-state index contributed by atoms with van der Waals surface area (Å²) >= 11 is 5.57. The highest BCUT2D eigenvalue weighted by Crippen LogP contribution is 2.39. The molecule has 0 unspecified atom stereocenters. The molecule has 0 saturated heterocycles.